The Balaban J connectivity index is 1.56. The van der Waals surface area contributed by atoms with Gasteiger partial charge in [0, 0.05) is 30.2 Å². The van der Waals surface area contributed by atoms with E-state index >= 15 is 0 Å². The molecule has 0 atom stereocenters. The first-order chi connectivity index (χ1) is 14.7. The number of carbonyl (C=O) groups excluding carboxylic acids is 1. The van der Waals surface area contributed by atoms with Crippen molar-refractivity contribution < 1.29 is 4.79 Å². The highest BCUT2D eigenvalue weighted by Crippen LogP contribution is 2.40. The zero-order valence-electron chi connectivity index (χ0n) is 16.8. The van der Waals surface area contributed by atoms with Gasteiger partial charge in [-0.1, -0.05) is 0 Å². The molecule has 2 fully saturated rings. The van der Waals surface area contributed by atoms with E-state index in [0.29, 0.717) is 29.6 Å². The summed E-state index contributed by atoms with van der Waals surface area (Å²) < 4.78 is 6.09. The molecule has 154 valence electrons. The Kier molecular flexibility index (Phi) is 3.86. The van der Waals surface area contributed by atoms with Crippen LogP contribution in [-0.2, 0) is 6.54 Å². The standard InChI is InChI=1S/C20H22N8OS/c1-3-27-16(19(29)28(11-4-5-11)12-6-7-12)10(2)13-14-15(22-8-21-14)17(25-18(13)27)26-20-23-9-24-30-20/h8-9,11-12H,3-7H2,1-2H3,(H,21,22)(H,23,24,25,26). The van der Waals surface area contributed by atoms with Gasteiger partial charge in [-0.25, -0.2) is 15.0 Å². The minimum Gasteiger partial charge on any atom is -0.342 e. The van der Waals surface area contributed by atoms with Gasteiger partial charge in [0.1, 0.15) is 28.7 Å². The SMILES string of the molecule is CCn1c(C(=O)N(C2CC2)C2CC2)c(C)c2c3nc[nH]c3c(Nc3ncns3)nc21. The van der Waals surface area contributed by atoms with Crippen molar-refractivity contribution in [3.05, 3.63) is 23.9 Å². The third-order valence-corrected chi connectivity index (χ3v) is 6.61. The van der Waals surface area contributed by atoms with Gasteiger partial charge in [0.25, 0.3) is 5.91 Å². The number of fused-ring (bicyclic) bond motifs is 3. The molecule has 0 bridgehead atoms. The zero-order chi connectivity index (χ0) is 20.4. The molecule has 0 unspecified atom stereocenters. The van der Waals surface area contributed by atoms with Crippen LogP contribution in [0.3, 0.4) is 0 Å². The van der Waals surface area contributed by atoms with Gasteiger partial charge in [-0.2, -0.15) is 4.37 Å². The average Bonchev–Trinajstić information content (AvgIpc) is 3.62. The van der Waals surface area contributed by atoms with E-state index in [-0.39, 0.29) is 5.91 Å². The fraction of sp³-hybridized carbons (Fsp3) is 0.450. The summed E-state index contributed by atoms with van der Waals surface area (Å²) in [5.74, 6) is 0.777. The molecule has 30 heavy (non-hydrogen) atoms. The lowest BCUT2D eigenvalue weighted by Crippen LogP contribution is -2.36. The maximum atomic E-state index is 13.7. The van der Waals surface area contributed by atoms with Crippen LogP contribution >= 0.6 is 11.5 Å². The monoisotopic (exact) mass is 422 g/mol. The second kappa shape index (κ2) is 6.49. The van der Waals surface area contributed by atoms with Crippen molar-refractivity contribution in [2.24, 2.45) is 0 Å². The van der Waals surface area contributed by atoms with Gasteiger partial charge in [-0.05, 0) is 45.1 Å². The number of aromatic amines is 1. The van der Waals surface area contributed by atoms with Crippen LogP contribution in [0.5, 0.6) is 0 Å². The molecule has 4 aromatic rings. The number of aromatic nitrogens is 6. The number of anilines is 2. The number of rotatable bonds is 6. The van der Waals surface area contributed by atoms with Crippen LogP contribution in [0, 0.1) is 6.92 Å². The number of hydrogen-bond acceptors (Lipinski definition) is 7. The fourth-order valence-electron chi connectivity index (χ4n) is 4.42. The molecule has 0 spiro atoms. The average molecular weight is 423 g/mol. The summed E-state index contributed by atoms with van der Waals surface area (Å²) in [6.45, 7) is 4.74. The van der Waals surface area contributed by atoms with E-state index in [4.69, 9.17) is 4.98 Å². The molecule has 0 saturated heterocycles. The maximum absolute atomic E-state index is 13.7. The van der Waals surface area contributed by atoms with Gasteiger partial charge < -0.3 is 19.8 Å². The summed E-state index contributed by atoms with van der Waals surface area (Å²) in [6.07, 6.45) is 7.64. The molecule has 0 radical (unpaired) electrons. The molecule has 0 aliphatic heterocycles. The topological polar surface area (TPSA) is 105 Å². The quantitative estimate of drug-likeness (QED) is 0.492. The molecule has 4 aromatic heterocycles. The second-order valence-corrected chi connectivity index (χ2v) is 8.83. The molecule has 1 amide bonds. The van der Waals surface area contributed by atoms with Crippen LogP contribution in [-0.4, -0.2) is 51.8 Å². The van der Waals surface area contributed by atoms with Gasteiger partial charge in [-0.3, -0.25) is 4.79 Å². The van der Waals surface area contributed by atoms with Crippen LogP contribution < -0.4 is 5.32 Å². The fourth-order valence-corrected chi connectivity index (χ4v) is 4.85. The number of amides is 1. The molecule has 2 saturated carbocycles. The molecular formula is C20H22N8OS. The first kappa shape index (κ1) is 17.8. The van der Waals surface area contributed by atoms with E-state index in [1.807, 2.05) is 11.5 Å². The first-order valence-electron chi connectivity index (χ1n) is 10.4. The van der Waals surface area contributed by atoms with Gasteiger partial charge in [0.15, 0.2) is 5.82 Å². The summed E-state index contributed by atoms with van der Waals surface area (Å²) in [7, 11) is 0. The minimum atomic E-state index is 0.139. The number of aryl methyl sites for hydroxylation is 2. The number of nitrogens with one attached hydrogen (secondary N) is 2. The summed E-state index contributed by atoms with van der Waals surface area (Å²) in [4.78, 5) is 32.7. The van der Waals surface area contributed by atoms with E-state index in [1.165, 1.54) is 17.9 Å². The number of carbonyl (C=O) groups is 1. The third kappa shape index (κ3) is 2.63. The van der Waals surface area contributed by atoms with Crippen LogP contribution in [0.4, 0.5) is 10.9 Å². The zero-order valence-corrected chi connectivity index (χ0v) is 17.7. The van der Waals surface area contributed by atoms with Crippen molar-refractivity contribution in [2.45, 2.75) is 58.2 Å². The van der Waals surface area contributed by atoms with Crippen LogP contribution in [0.15, 0.2) is 12.7 Å². The van der Waals surface area contributed by atoms with E-state index in [1.54, 1.807) is 6.33 Å². The van der Waals surface area contributed by atoms with Crippen LogP contribution in [0.25, 0.3) is 22.1 Å². The van der Waals surface area contributed by atoms with E-state index in [0.717, 1.165) is 59.0 Å². The maximum Gasteiger partial charge on any atom is 0.271 e. The Bertz CT molecular complexity index is 1250. The lowest BCUT2D eigenvalue weighted by Gasteiger charge is -2.23. The number of nitrogens with zero attached hydrogens (tertiary/aromatic N) is 6. The highest BCUT2D eigenvalue weighted by Gasteiger charge is 2.43. The van der Waals surface area contributed by atoms with Crippen molar-refractivity contribution in [2.75, 3.05) is 5.32 Å². The van der Waals surface area contributed by atoms with Crippen LogP contribution in [0.2, 0.25) is 0 Å². The molecule has 10 heteroatoms. The number of imidazole rings is 1. The third-order valence-electron chi connectivity index (χ3n) is 6.03. The Morgan fingerprint density at radius 3 is 2.70 bits per heavy atom. The van der Waals surface area contributed by atoms with E-state index in [9.17, 15) is 4.79 Å². The van der Waals surface area contributed by atoms with Gasteiger partial charge in [0.05, 0.1) is 11.7 Å². The van der Waals surface area contributed by atoms with Gasteiger partial charge in [0.2, 0.25) is 5.13 Å². The number of hydrogen-bond donors (Lipinski definition) is 2. The van der Waals surface area contributed by atoms with Gasteiger partial charge in [-0.15, -0.1) is 0 Å². The molecule has 2 aliphatic carbocycles. The Morgan fingerprint density at radius 2 is 2.07 bits per heavy atom. The van der Waals surface area contributed by atoms with Crippen molar-refractivity contribution in [3.8, 4) is 0 Å². The molecule has 6 rings (SSSR count). The van der Waals surface area contributed by atoms with Crippen molar-refractivity contribution in [1.82, 2.24) is 33.8 Å². The minimum absolute atomic E-state index is 0.139. The van der Waals surface area contributed by atoms with Crippen LogP contribution in [0.1, 0.15) is 48.7 Å². The summed E-state index contributed by atoms with van der Waals surface area (Å²) >= 11 is 1.27. The Labute approximate surface area is 176 Å². The lowest BCUT2D eigenvalue weighted by atomic mass is 10.1. The van der Waals surface area contributed by atoms with E-state index in [2.05, 4.69) is 36.5 Å². The van der Waals surface area contributed by atoms with Crippen molar-refractivity contribution in [1.29, 1.82) is 0 Å². The van der Waals surface area contributed by atoms with Crippen molar-refractivity contribution in [3.63, 3.8) is 0 Å². The first-order valence-corrected chi connectivity index (χ1v) is 11.2. The normalized spacial score (nSPS) is 16.5. The Morgan fingerprint density at radius 1 is 1.30 bits per heavy atom. The van der Waals surface area contributed by atoms with E-state index < -0.39 is 0 Å². The molecule has 0 aromatic carbocycles. The molecule has 9 nitrogen and oxygen atoms in total. The lowest BCUT2D eigenvalue weighted by molar-refractivity contribution is 0.0718. The summed E-state index contributed by atoms with van der Waals surface area (Å²) in [6, 6.07) is 0.807. The molecule has 4 heterocycles. The predicted octanol–water partition coefficient (Wildman–Crippen LogP) is 3.60. The predicted molar refractivity (Wildman–Crippen MR) is 115 cm³/mol. The molecular weight excluding hydrogens is 400 g/mol. The Hall–Kier alpha value is -3.01. The highest BCUT2D eigenvalue weighted by molar-refractivity contribution is 7.09. The smallest absolute Gasteiger partial charge is 0.271 e. The molecule has 2 aliphatic rings. The summed E-state index contributed by atoms with van der Waals surface area (Å²) in [5, 5.41) is 4.84. The second-order valence-electron chi connectivity index (χ2n) is 8.05. The molecule has 2 N–H and O–H groups in total. The van der Waals surface area contributed by atoms with Gasteiger partial charge >= 0.3 is 0 Å². The number of pyridine rings is 1. The summed E-state index contributed by atoms with van der Waals surface area (Å²) in [5.41, 5.74) is 4.09. The largest absolute Gasteiger partial charge is 0.342 e. The highest BCUT2D eigenvalue weighted by atomic mass is 32.1. The van der Waals surface area contributed by atoms with Crippen molar-refractivity contribution >= 4 is 50.5 Å². The number of H-pyrrole nitrogens is 1.